The smallest absolute Gasteiger partial charge is 0.388 e. The van der Waals surface area contributed by atoms with Gasteiger partial charge in [-0.2, -0.15) is 13.9 Å². The molecule has 0 atom stereocenters. The van der Waals surface area contributed by atoms with E-state index in [2.05, 4.69) is 15.2 Å². The van der Waals surface area contributed by atoms with Crippen LogP contribution in [0.3, 0.4) is 0 Å². The van der Waals surface area contributed by atoms with Crippen LogP contribution >= 0.6 is 11.6 Å². The van der Waals surface area contributed by atoms with Gasteiger partial charge in [0, 0.05) is 29.1 Å². The Hall–Kier alpha value is -3.72. The second-order valence-electron chi connectivity index (χ2n) is 7.21. The van der Waals surface area contributed by atoms with Gasteiger partial charge in [-0.15, -0.1) is 0 Å². The third kappa shape index (κ3) is 4.88. The van der Waals surface area contributed by atoms with Gasteiger partial charge in [-0.3, -0.25) is 5.10 Å². The van der Waals surface area contributed by atoms with Crippen molar-refractivity contribution in [1.29, 1.82) is 0 Å². The number of H-pyrrole nitrogens is 1. The average Bonchev–Trinajstić information content (AvgIpc) is 3.31. The highest BCUT2D eigenvalue weighted by atomic mass is 35.5. The molecule has 170 valence electrons. The number of ether oxygens (including phenoxy) is 2. The summed E-state index contributed by atoms with van der Waals surface area (Å²) >= 11 is 6.27. The number of hydrogen-bond donors (Lipinski definition) is 2. The molecule has 33 heavy (non-hydrogen) atoms. The average molecular weight is 474 g/mol. The molecule has 4 aromatic rings. The predicted octanol–water partition coefficient (Wildman–Crippen LogP) is 5.24. The summed E-state index contributed by atoms with van der Waals surface area (Å²) in [5, 5.41) is 16.3. The zero-order valence-electron chi connectivity index (χ0n) is 17.3. The molecule has 2 aromatic carbocycles. The number of aryl methyl sites for hydroxylation is 1. The molecule has 0 saturated carbocycles. The number of pyridine rings is 1. The largest absolute Gasteiger partial charge is 0.481 e. The van der Waals surface area contributed by atoms with Crippen LogP contribution in [0, 0.1) is 6.92 Å². The van der Waals surface area contributed by atoms with Crippen LogP contribution in [0.5, 0.6) is 11.6 Å². The van der Waals surface area contributed by atoms with Gasteiger partial charge < -0.3 is 14.6 Å². The number of halogens is 3. The van der Waals surface area contributed by atoms with Gasteiger partial charge in [-0.1, -0.05) is 35.9 Å². The normalized spacial score (nSPS) is 11.2. The van der Waals surface area contributed by atoms with E-state index in [0.717, 1.165) is 16.7 Å². The maximum atomic E-state index is 13.2. The molecule has 4 rings (SSSR count). The minimum absolute atomic E-state index is 0.187. The first-order chi connectivity index (χ1) is 15.8. The van der Waals surface area contributed by atoms with Crippen molar-refractivity contribution < 1.29 is 28.2 Å². The summed E-state index contributed by atoms with van der Waals surface area (Å²) in [6.45, 7) is -1.95. The first-order valence-electron chi connectivity index (χ1n) is 9.82. The summed E-state index contributed by atoms with van der Waals surface area (Å²) in [4.78, 5) is 15.2. The molecule has 0 aliphatic heterocycles. The van der Waals surface area contributed by atoms with Gasteiger partial charge in [0.15, 0.2) is 6.61 Å². The van der Waals surface area contributed by atoms with Crippen molar-refractivity contribution in [3.8, 4) is 22.8 Å². The monoisotopic (exact) mass is 473 g/mol. The molecular formula is C23H18ClF2N3O4. The number of carboxylic acids is 1. The molecule has 0 bridgehead atoms. The highest BCUT2D eigenvalue weighted by Crippen LogP contribution is 2.38. The number of hydrogen-bond acceptors (Lipinski definition) is 5. The zero-order valence-corrected chi connectivity index (χ0v) is 18.1. The molecular weight excluding hydrogens is 456 g/mol. The van der Waals surface area contributed by atoms with Crippen LogP contribution < -0.4 is 9.47 Å². The van der Waals surface area contributed by atoms with Crippen molar-refractivity contribution in [2.45, 2.75) is 20.0 Å². The number of benzene rings is 2. The summed E-state index contributed by atoms with van der Waals surface area (Å²) in [7, 11) is 0. The maximum absolute atomic E-state index is 13.2. The van der Waals surface area contributed by atoms with Crippen LogP contribution in [-0.4, -0.2) is 39.5 Å². The number of nitrogens with one attached hydrogen (secondary N) is 1. The van der Waals surface area contributed by atoms with Gasteiger partial charge in [0.2, 0.25) is 5.88 Å². The molecule has 0 amide bonds. The van der Waals surface area contributed by atoms with Crippen LogP contribution in [0.1, 0.15) is 16.7 Å². The Kier molecular flexibility index (Phi) is 6.41. The lowest BCUT2D eigenvalue weighted by Gasteiger charge is -2.18. The number of carboxylic acid groups (broad SMARTS) is 1. The van der Waals surface area contributed by atoms with E-state index < -0.39 is 19.2 Å². The van der Waals surface area contributed by atoms with E-state index in [9.17, 15) is 13.6 Å². The third-order valence-electron chi connectivity index (χ3n) is 5.11. The Morgan fingerprint density at radius 1 is 1.18 bits per heavy atom. The highest BCUT2D eigenvalue weighted by Gasteiger charge is 2.21. The molecule has 0 aliphatic rings. The summed E-state index contributed by atoms with van der Waals surface area (Å²) in [6.07, 6.45) is 3.71. The second-order valence-corrected chi connectivity index (χ2v) is 7.62. The Labute approximate surface area is 191 Å². The topological polar surface area (TPSA) is 97.3 Å². The Balaban J connectivity index is 1.80. The molecule has 0 radical (unpaired) electrons. The molecule has 2 heterocycles. The molecule has 2 N–H and O–H groups in total. The minimum Gasteiger partial charge on any atom is -0.481 e. The van der Waals surface area contributed by atoms with Crippen LogP contribution in [0.4, 0.5) is 8.78 Å². The Bertz CT molecular complexity index is 1300. The summed E-state index contributed by atoms with van der Waals surface area (Å²) in [5.41, 5.74) is 3.86. The molecule has 0 saturated heterocycles. The van der Waals surface area contributed by atoms with Crippen molar-refractivity contribution in [3.63, 3.8) is 0 Å². The number of alkyl halides is 2. The molecule has 0 spiro atoms. The van der Waals surface area contributed by atoms with E-state index in [4.69, 9.17) is 26.2 Å². The number of rotatable bonds is 8. The predicted molar refractivity (Wildman–Crippen MR) is 118 cm³/mol. The lowest BCUT2D eigenvalue weighted by molar-refractivity contribution is -0.139. The molecule has 0 unspecified atom stereocenters. The van der Waals surface area contributed by atoms with Crippen molar-refractivity contribution in [1.82, 2.24) is 15.2 Å². The fourth-order valence-electron chi connectivity index (χ4n) is 3.58. The number of aromatic nitrogens is 3. The number of aromatic amines is 1. The first-order valence-corrected chi connectivity index (χ1v) is 10.2. The van der Waals surface area contributed by atoms with Crippen molar-refractivity contribution in [2.24, 2.45) is 0 Å². The van der Waals surface area contributed by atoms with Gasteiger partial charge in [0.25, 0.3) is 0 Å². The quantitative estimate of drug-likeness (QED) is 0.363. The van der Waals surface area contributed by atoms with Gasteiger partial charge in [0.05, 0.1) is 16.7 Å². The van der Waals surface area contributed by atoms with Crippen LogP contribution in [0.2, 0.25) is 5.02 Å². The number of nitrogens with zero attached hydrogens (tertiary/aromatic N) is 2. The Morgan fingerprint density at radius 3 is 2.58 bits per heavy atom. The lowest BCUT2D eigenvalue weighted by atomic mass is 9.96. The highest BCUT2D eigenvalue weighted by molar-refractivity contribution is 6.35. The zero-order chi connectivity index (χ0) is 23.5. The van der Waals surface area contributed by atoms with E-state index in [1.807, 2.05) is 24.3 Å². The van der Waals surface area contributed by atoms with E-state index in [0.29, 0.717) is 16.5 Å². The van der Waals surface area contributed by atoms with E-state index >= 15 is 0 Å². The van der Waals surface area contributed by atoms with Crippen molar-refractivity contribution >= 4 is 28.5 Å². The van der Waals surface area contributed by atoms with Gasteiger partial charge in [0.1, 0.15) is 5.75 Å². The summed E-state index contributed by atoms with van der Waals surface area (Å²) in [5.74, 6) is -1.16. The van der Waals surface area contributed by atoms with Gasteiger partial charge >= 0.3 is 12.6 Å². The van der Waals surface area contributed by atoms with Gasteiger partial charge in [-0.25, -0.2) is 9.78 Å². The van der Waals surface area contributed by atoms with Crippen LogP contribution in [0.15, 0.2) is 48.8 Å². The third-order valence-corrected chi connectivity index (χ3v) is 5.41. The number of carbonyl (C=O) groups is 1. The van der Waals surface area contributed by atoms with E-state index in [1.54, 1.807) is 19.3 Å². The fraction of sp³-hybridized carbons (Fsp3) is 0.174. The molecule has 7 nitrogen and oxygen atoms in total. The SMILES string of the molecule is Cc1c(Cc2ccc(-c3cn[nH]c3)cc2)c(OC(F)F)nc2c(Cl)ccc(OCC(=O)O)c12. The molecule has 2 aromatic heterocycles. The van der Waals surface area contributed by atoms with Crippen molar-refractivity contribution in [3.05, 3.63) is 70.5 Å². The minimum atomic E-state index is -3.08. The Morgan fingerprint density at radius 2 is 1.94 bits per heavy atom. The first kappa shape index (κ1) is 22.5. The molecule has 0 aliphatic carbocycles. The fourth-order valence-corrected chi connectivity index (χ4v) is 3.78. The molecule has 0 fully saturated rings. The number of fused-ring (bicyclic) bond motifs is 1. The summed E-state index contributed by atoms with van der Waals surface area (Å²) < 4.78 is 36.5. The van der Waals surface area contributed by atoms with E-state index in [1.165, 1.54) is 12.1 Å². The number of aliphatic carboxylic acids is 1. The molecule has 10 heteroatoms. The van der Waals surface area contributed by atoms with Crippen LogP contribution in [0.25, 0.3) is 22.0 Å². The maximum Gasteiger partial charge on any atom is 0.388 e. The summed E-state index contributed by atoms with van der Waals surface area (Å²) in [6, 6.07) is 10.5. The lowest BCUT2D eigenvalue weighted by Crippen LogP contribution is -2.11. The van der Waals surface area contributed by atoms with Crippen molar-refractivity contribution in [2.75, 3.05) is 6.61 Å². The standard InChI is InChI=1S/C23H18ClF2N3O4/c1-12-16(8-13-2-4-14(5-3-13)15-9-27-28-10-15)22(33-23(25)26)29-21-17(24)6-7-18(20(12)21)32-11-19(30)31/h2-7,9-10,23H,8,11H2,1H3,(H,27,28)(H,30,31). The van der Waals surface area contributed by atoms with Crippen LogP contribution in [-0.2, 0) is 11.2 Å². The van der Waals surface area contributed by atoms with E-state index in [-0.39, 0.29) is 28.6 Å². The second kappa shape index (κ2) is 9.41. The van der Waals surface area contributed by atoms with Gasteiger partial charge in [-0.05, 0) is 35.7 Å².